The zero-order chi connectivity index (χ0) is 17.0. The minimum atomic E-state index is -0.489. The van der Waals surface area contributed by atoms with Crippen molar-refractivity contribution in [3.63, 3.8) is 0 Å². The van der Waals surface area contributed by atoms with E-state index < -0.39 is 5.41 Å². The van der Waals surface area contributed by atoms with Crippen LogP contribution in [0.5, 0.6) is 0 Å². The van der Waals surface area contributed by atoms with Gasteiger partial charge in [0.25, 0.3) is 0 Å². The van der Waals surface area contributed by atoms with Crippen LogP contribution in [0, 0.1) is 5.41 Å². The second-order valence-corrected chi connectivity index (χ2v) is 7.14. The Morgan fingerprint density at radius 1 is 1.23 bits per heavy atom. The zero-order valence-electron chi connectivity index (χ0n) is 14.5. The van der Waals surface area contributed by atoms with Crippen molar-refractivity contribution < 1.29 is 23.8 Å². The summed E-state index contributed by atoms with van der Waals surface area (Å²) in [6.07, 6.45) is 3.75. The summed E-state index contributed by atoms with van der Waals surface area (Å²) >= 11 is 0. The third kappa shape index (κ3) is 6.18. The van der Waals surface area contributed by atoms with E-state index in [9.17, 15) is 9.59 Å². The fraction of sp³-hybridized carbons (Fsp3) is 0.765. The maximum absolute atomic E-state index is 11.8. The Bertz CT molecular complexity index is 446. The Morgan fingerprint density at radius 3 is 2.41 bits per heavy atom. The molecule has 0 amide bonds. The van der Waals surface area contributed by atoms with E-state index in [4.69, 9.17) is 14.2 Å². The number of epoxide rings is 1. The molecule has 1 heterocycles. The highest BCUT2D eigenvalue weighted by molar-refractivity contribution is 5.75. The summed E-state index contributed by atoms with van der Waals surface area (Å²) in [4.78, 5) is 22.4. The van der Waals surface area contributed by atoms with Gasteiger partial charge in [0.05, 0.1) is 11.5 Å². The van der Waals surface area contributed by atoms with E-state index in [1.54, 1.807) is 0 Å². The Morgan fingerprint density at radius 2 is 1.86 bits per heavy atom. The number of esters is 2. The normalized spacial score (nSPS) is 24.8. The number of hydrogen-bond donors (Lipinski definition) is 0. The van der Waals surface area contributed by atoms with Gasteiger partial charge in [0.2, 0.25) is 0 Å². The average molecular weight is 312 g/mol. The molecule has 1 aliphatic heterocycles. The fourth-order valence-corrected chi connectivity index (χ4v) is 1.97. The molecule has 0 spiro atoms. The summed E-state index contributed by atoms with van der Waals surface area (Å²) in [5.74, 6) is -0.483. The molecule has 0 aliphatic carbocycles. The van der Waals surface area contributed by atoms with Crippen LogP contribution in [0.4, 0.5) is 0 Å². The van der Waals surface area contributed by atoms with Crippen LogP contribution in [-0.4, -0.2) is 36.9 Å². The molecule has 2 unspecified atom stereocenters. The monoisotopic (exact) mass is 312 g/mol. The second-order valence-electron chi connectivity index (χ2n) is 7.14. The van der Waals surface area contributed by atoms with E-state index in [0.29, 0.717) is 13.2 Å². The van der Waals surface area contributed by atoms with Crippen LogP contribution in [0.25, 0.3) is 0 Å². The van der Waals surface area contributed by atoms with E-state index in [0.717, 1.165) is 18.4 Å². The average Bonchev–Trinajstić information content (AvgIpc) is 3.03. The van der Waals surface area contributed by atoms with Crippen molar-refractivity contribution >= 4 is 11.9 Å². The zero-order valence-corrected chi connectivity index (χ0v) is 14.5. The van der Waals surface area contributed by atoms with E-state index >= 15 is 0 Å². The highest BCUT2D eigenvalue weighted by atomic mass is 16.6. The van der Waals surface area contributed by atoms with Gasteiger partial charge in [0, 0.05) is 6.92 Å². The van der Waals surface area contributed by atoms with Crippen LogP contribution in [0.3, 0.4) is 0 Å². The number of allylic oxidation sites excluding steroid dienone is 1. The fourth-order valence-electron chi connectivity index (χ4n) is 1.97. The summed E-state index contributed by atoms with van der Waals surface area (Å²) in [6, 6.07) is 0. The molecule has 126 valence electrons. The summed E-state index contributed by atoms with van der Waals surface area (Å²) in [6.45, 7) is 11.5. The number of ether oxygens (including phenoxy) is 3. The van der Waals surface area contributed by atoms with Crippen molar-refractivity contribution in [3.05, 3.63) is 11.6 Å². The molecule has 1 saturated heterocycles. The SMILES string of the molecule is CC(=O)OC/C=C(\C)CCC1OC1(C)COC(=O)C(C)(C)C. The first-order valence-corrected chi connectivity index (χ1v) is 7.68. The Kier molecular flexibility index (Phi) is 6.17. The van der Waals surface area contributed by atoms with E-state index in [1.165, 1.54) is 6.92 Å². The van der Waals surface area contributed by atoms with Crippen LogP contribution in [0.1, 0.15) is 54.4 Å². The quantitative estimate of drug-likeness (QED) is 0.411. The van der Waals surface area contributed by atoms with Crippen LogP contribution in [0.2, 0.25) is 0 Å². The number of rotatable bonds is 7. The summed E-state index contributed by atoms with van der Waals surface area (Å²) in [5.41, 5.74) is 0.305. The lowest BCUT2D eigenvalue weighted by Crippen LogP contribution is -2.28. The molecular weight excluding hydrogens is 284 g/mol. The van der Waals surface area contributed by atoms with Crippen LogP contribution in [0.15, 0.2) is 11.6 Å². The topological polar surface area (TPSA) is 65.1 Å². The number of hydrogen-bond acceptors (Lipinski definition) is 5. The molecule has 0 aromatic heterocycles. The lowest BCUT2D eigenvalue weighted by atomic mass is 9.97. The van der Waals surface area contributed by atoms with Gasteiger partial charge >= 0.3 is 11.9 Å². The summed E-state index contributed by atoms with van der Waals surface area (Å²) in [7, 11) is 0. The molecule has 22 heavy (non-hydrogen) atoms. The molecule has 0 N–H and O–H groups in total. The van der Waals surface area contributed by atoms with Gasteiger partial charge in [-0.1, -0.05) is 5.57 Å². The van der Waals surface area contributed by atoms with Crippen molar-refractivity contribution in [2.45, 2.75) is 66.1 Å². The summed E-state index contributed by atoms with van der Waals surface area (Å²) in [5, 5.41) is 0. The first-order valence-electron chi connectivity index (χ1n) is 7.68. The molecule has 1 rings (SSSR count). The third-order valence-corrected chi connectivity index (χ3v) is 3.66. The molecule has 1 fully saturated rings. The van der Waals surface area contributed by atoms with Gasteiger partial charge in [-0.25, -0.2) is 0 Å². The van der Waals surface area contributed by atoms with Crippen LogP contribution >= 0.6 is 0 Å². The van der Waals surface area contributed by atoms with Crippen molar-refractivity contribution in [1.29, 1.82) is 0 Å². The maximum Gasteiger partial charge on any atom is 0.311 e. The third-order valence-electron chi connectivity index (χ3n) is 3.66. The van der Waals surface area contributed by atoms with Gasteiger partial charge in [-0.3, -0.25) is 9.59 Å². The number of carbonyl (C=O) groups excluding carboxylic acids is 2. The van der Waals surface area contributed by atoms with Crippen LogP contribution in [-0.2, 0) is 23.8 Å². The smallest absolute Gasteiger partial charge is 0.311 e. The van der Waals surface area contributed by atoms with Gasteiger partial charge < -0.3 is 14.2 Å². The van der Waals surface area contributed by atoms with Crippen molar-refractivity contribution in [1.82, 2.24) is 0 Å². The number of carbonyl (C=O) groups is 2. The molecule has 0 aromatic carbocycles. The standard InChI is InChI=1S/C17H28O5/c1-12(9-10-20-13(2)18)7-8-14-17(6,22-14)11-21-15(19)16(3,4)5/h9,14H,7-8,10-11H2,1-6H3/b12-9+. The van der Waals surface area contributed by atoms with Gasteiger partial charge in [0.1, 0.15) is 18.8 Å². The Hall–Kier alpha value is -1.36. The highest BCUT2D eigenvalue weighted by Crippen LogP contribution is 2.40. The van der Waals surface area contributed by atoms with Gasteiger partial charge in [0.15, 0.2) is 0 Å². The van der Waals surface area contributed by atoms with Crippen molar-refractivity contribution in [2.75, 3.05) is 13.2 Å². The van der Waals surface area contributed by atoms with E-state index in [2.05, 4.69) is 0 Å². The van der Waals surface area contributed by atoms with Gasteiger partial charge in [-0.2, -0.15) is 0 Å². The van der Waals surface area contributed by atoms with Crippen molar-refractivity contribution in [3.8, 4) is 0 Å². The molecule has 2 atom stereocenters. The molecule has 1 aliphatic rings. The van der Waals surface area contributed by atoms with E-state index in [-0.39, 0.29) is 23.6 Å². The lowest BCUT2D eigenvalue weighted by Gasteiger charge is -2.17. The molecule has 0 saturated carbocycles. The minimum absolute atomic E-state index is 0.109. The Labute approximate surface area is 133 Å². The van der Waals surface area contributed by atoms with Gasteiger partial charge in [-0.15, -0.1) is 0 Å². The Balaban J connectivity index is 2.27. The van der Waals surface area contributed by atoms with E-state index in [1.807, 2.05) is 40.7 Å². The molecule has 5 heteroatoms. The summed E-state index contributed by atoms with van der Waals surface area (Å²) < 4.78 is 15.9. The van der Waals surface area contributed by atoms with Crippen LogP contribution < -0.4 is 0 Å². The second kappa shape index (κ2) is 7.27. The van der Waals surface area contributed by atoms with Crippen molar-refractivity contribution in [2.24, 2.45) is 5.41 Å². The predicted octanol–water partition coefficient (Wildman–Crippen LogP) is 3.02. The largest absolute Gasteiger partial charge is 0.462 e. The molecular formula is C17H28O5. The first kappa shape index (κ1) is 18.7. The lowest BCUT2D eigenvalue weighted by molar-refractivity contribution is -0.154. The molecule has 0 radical (unpaired) electrons. The maximum atomic E-state index is 11.8. The highest BCUT2D eigenvalue weighted by Gasteiger charge is 2.52. The molecule has 5 nitrogen and oxygen atoms in total. The molecule has 0 aromatic rings. The minimum Gasteiger partial charge on any atom is -0.462 e. The predicted molar refractivity (Wildman–Crippen MR) is 83.3 cm³/mol. The van der Waals surface area contributed by atoms with Gasteiger partial charge in [-0.05, 0) is 53.5 Å². The first-order chi connectivity index (χ1) is 10.0. The molecule has 0 bridgehead atoms.